The Morgan fingerprint density at radius 1 is 1.54 bits per heavy atom. The highest BCUT2D eigenvalue weighted by atomic mass is 16.2. The van der Waals surface area contributed by atoms with Gasteiger partial charge in [-0.05, 0) is 25.0 Å². The van der Waals surface area contributed by atoms with E-state index in [2.05, 4.69) is 6.07 Å². The van der Waals surface area contributed by atoms with E-state index in [9.17, 15) is 4.79 Å². The third-order valence-corrected chi connectivity index (χ3v) is 2.40. The number of carbonyl (C=O) groups excluding carboxylic acids is 1. The van der Waals surface area contributed by atoms with Crippen LogP contribution in [0.2, 0.25) is 0 Å². The maximum Gasteiger partial charge on any atom is 0.319 e. The largest absolute Gasteiger partial charge is 0.351 e. The van der Waals surface area contributed by atoms with E-state index in [1.807, 2.05) is 19.1 Å². The number of hydrogen-bond donors (Lipinski definition) is 1. The van der Waals surface area contributed by atoms with Crippen molar-refractivity contribution in [3.05, 3.63) is 29.3 Å². The summed E-state index contributed by atoms with van der Waals surface area (Å²) in [7, 11) is 0. The lowest BCUT2D eigenvalue weighted by Gasteiger charge is -2.13. The third kappa shape index (κ3) is 1.26. The molecule has 1 aliphatic rings. The van der Waals surface area contributed by atoms with Crippen LogP contribution in [0.5, 0.6) is 0 Å². The van der Waals surface area contributed by atoms with Crippen molar-refractivity contribution in [3.8, 4) is 0 Å². The summed E-state index contributed by atoms with van der Waals surface area (Å²) in [6, 6.07) is 5.71. The first-order chi connectivity index (χ1) is 6.18. The fraction of sp³-hybridized carbons (Fsp3) is 0.300. The van der Waals surface area contributed by atoms with Gasteiger partial charge in [0.25, 0.3) is 0 Å². The predicted molar refractivity (Wildman–Crippen MR) is 51.8 cm³/mol. The van der Waals surface area contributed by atoms with Gasteiger partial charge in [-0.3, -0.25) is 4.90 Å². The molecule has 3 nitrogen and oxygen atoms in total. The number of amides is 2. The standard InChI is InChI=1S/C10H12N2O/c1-7-2-3-9-8(6-7)4-5-12(9)10(11)13/h2-3,6H,4-5H2,1H3,(H2,11,13). The molecular weight excluding hydrogens is 164 g/mol. The number of carbonyl (C=O) groups is 1. The number of benzene rings is 1. The Labute approximate surface area is 77.1 Å². The number of rotatable bonds is 0. The summed E-state index contributed by atoms with van der Waals surface area (Å²) in [4.78, 5) is 12.6. The molecular formula is C10H12N2O. The molecule has 0 saturated carbocycles. The molecule has 2 N–H and O–H groups in total. The molecule has 0 aliphatic carbocycles. The van der Waals surface area contributed by atoms with Crippen molar-refractivity contribution in [1.29, 1.82) is 0 Å². The monoisotopic (exact) mass is 176 g/mol. The number of anilines is 1. The van der Waals surface area contributed by atoms with Crippen molar-refractivity contribution in [2.75, 3.05) is 11.4 Å². The summed E-state index contributed by atoms with van der Waals surface area (Å²) in [6.07, 6.45) is 0.917. The number of hydrogen-bond acceptors (Lipinski definition) is 1. The Bertz CT molecular complexity index is 360. The van der Waals surface area contributed by atoms with Crippen LogP contribution in [0.3, 0.4) is 0 Å². The van der Waals surface area contributed by atoms with Crippen molar-refractivity contribution >= 4 is 11.7 Å². The molecule has 1 aromatic rings. The molecule has 2 rings (SSSR count). The molecule has 1 aromatic carbocycles. The second kappa shape index (κ2) is 2.76. The average Bonchev–Trinajstić information content (AvgIpc) is 2.46. The van der Waals surface area contributed by atoms with Gasteiger partial charge in [-0.2, -0.15) is 0 Å². The van der Waals surface area contributed by atoms with E-state index in [1.54, 1.807) is 4.90 Å². The maximum absolute atomic E-state index is 11.0. The second-order valence-electron chi connectivity index (χ2n) is 3.37. The van der Waals surface area contributed by atoms with E-state index in [-0.39, 0.29) is 6.03 Å². The van der Waals surface area contributed by atoms with E-state index in [0.29, 0.717) is 6.54 Å². The Morgan fingerprint density at radius 2 is 2.31 bits per heavy atom. The third-order valence-electron chi connectivity index (χ3n) is 2.40. The summed E-state index contributed by atoms with van der Waals surface area (Å²) in [6.45, 7) is 2.77. The summed E-state index contributed by atoms with van der Waals surface area (Å²) in [5, 5.41) is 0. The topological polar surface area (TPSA) is 46.3 Å². The Kier molecular flexibility index (Phi) is 1.72. The summed E-state index contributed by atoms with van der Waals surface area (Å²) in [5.41, 5.74) is 8.66. The van der Waals surface area contributed by atoms with Gasteiger partial charge in [0.15, 0.2) is 0 Å². The van der Waals surface area contributed by atoms with Gasteiger partial charge in [0.05, 0.1) is 0 Å². The van der Waals surface area contributed by atoms with Crippen molar-refractivity contribution in [3.63, 3.8) is 0 Å². The SMILES string of the molecule is Cc1ccc2c(c1)CCN2C(N)=O. The maximum atomic E-state index is 11.0. The molecule has 0 fully saturated rings. The highest BCUT2D eigenvalue weighted by molar-refractivity contribution is 5.93. The predicted octanol–water partition coefficient (Wildman–Crippen LogP) is 1.44. The lowest BCUT2D eigenvalue weighted by atomic mass is 10.1. The number of primary amides is 1. The molecule has 0 atom stereocenters. The minimum atomic E-state index is -0.359. The van der Waals surface area contributed by atoms with Crippen LogP contribution >= 0.6 is 0 Å². The van der Waals surface area contributed by atoms with Crippen molar-refractivity contribution < 1.29 is 4.79 Å². The molecule has 68 valence electrons. The van der Waals surface area contributed by atoms with Crippen LogP contribution in [-0.4, -0.2) is 12.6 Å². The number of nitrogens with two attached hydrogens (primary N) is 1. The molecule has 3 heteroatoms. The van der Waals surface area contributed by atoms with Gasteiger partial charge in [0.2, 0.25) is 0 Å². The van der Waals surface area contributed by atoms with Crippen LogP contribution in [0.25, 0.3) is 0 Å². The van der Waals surface area contributed by atoms with Crippen LogP contribution in [0.4, 0.5) is 10.5 Å². The number of urea groups is 1. The zero-order valence-corrected chi connectivity index (χ0v) is 7.58. The molecule has 0 spiro atoms. The summed E-state index contributed by atoms with van der Waals surface area (Å²) in [5.74, 6) is 0. The number of nitrogens with zero attached hydrogens (tertiary/aromatic N) is 1. The molecule has 13 heavy (non-hydrogen) atoms. The summed E-state index contributed by atoms with van der Waals surface area (Å²) < 4.78 is 0. The first-order valence-electron chi connectivity index (χ1n) is 4.35. The first-order valence-corrected chi connectivity index (χ1v) is 4.35. The number of aryl methyl sites for hydroxylation is 1. The van der Waals surface area contributed by atoms with Crippen molar-refractivity contribution in [2.45, 2.75) is 13.3 Å². The molecule has 0 saturated heterocycles. The second-order valence-corrected chi connectivity index (χ2v) is 3.37. The highest BCUT2D eigenvalue weighted by Gasteiger charge is 2.22. The van der Waals surface area contributed by atoms with Crippen LogP contribution in [0, 0.1) is 6.92 Å². The van der Waals surface area contributed by atoms with Crippen molar-refractivity contribution in [2.24, 2.45) is 5.73 Å². The van der Waals surface area contributed by atoms with Gasteiger partial charge >= 0.3 is 6.03 Å². The fourth-order valence-corrected chi connectivity index (χ4v) is 1.76. The summed E-state index contributed by atoms with van der Waals surface area (Å²) >= 11 is 0. The van der Waals surface area contributed by atoms with Gasteiger partial charge in [0, 0.05) is 12.2 Å². The lowest BCUT2D eigenvalue weighted by molar-refractivity contribution is 0.254. The van der Waals surface area contributed by atoms with Gasteiger partial charge < -0.3 is 5.73 Å². The minimum absolute atomic E-state index is 0.359. The van der Waals surface area contributed by atoms with Crippen LogP contribution in [0.1, 0.15) is 11.1 Å². The normalized spacial score (nSPS) is 14.4. The quantitative estimate of drug-likeness (QED) is 0.638. The van der Waals surface area contributed by atoms with Gasteiger partial charge in [-0.15, -0.1) is 0 Å². The molecule has 2 amide bonds. The fourth-order valence-electron chi connectivity index (χ4n) is 1.76. The first kappa shape index (κ1) is 8.10. The van der Waals surface area contributed by atoms with E-state index in [1.165, 1.54) is 11.1 Å². The molecule has 1 aliphatic heterocycles. The smallest absolute Gasteiger partial charge is 0.319 e. The van der Waals surface area contributed by atoms with Crippen LogP contribution in [0.15, 0.2) is 18.2 Å². The Balaban J connectivity index is 2.44. The minimum Gasteiger partial charge on any atom is -0.351 e. The van der Waals surface area contributed by atoms with E-state index in [0.717, 1.165) is 12.1 Å². The van der Waals surface area contributed by atoms with Gasteiger partial charge in [0.1, 0.15) is 0 Å². The lowest BCUT2D eigenvalue weighted by Crippen LogP contribution is -2.33. The molecule has 0 aromatic heterocycles. The van der Waals surface area contributed by atoms with E-state index in [4.69, 9.17) is 5.73 Å². The highest BCUT2D eigenvalue weighted by Crippen LogP contribution is 2.28. The molecule has 1 heterocycles. The zero-order chi connectivity index (χ0) is 9.42. The van der Waals surface area contributed by atoms with Crippen LogP contribution in [-0.2, 0) is 6.42 Å². The zero-order valence-electron chi connectivity index (χ0n) is 7.58. The molecule has 0 bridgehead atoms. The van der Waals surface area contributed by atoms with E-state index < -0.39 is 0 Å². The van der Waals surface area contributed by atoms with Gasteiger partial charge in [-0.25, -0.2) is 4.79 Å². The van der Waals surface area contributed by atoms with Gasteiger partial charge in [-0.1, -0.05) is 17.7 Å². The number of fused-ring (bicyclic) bond motifs is 1. The average molecular weight is 176 g/mol. The Morgan fingerprint density at radius 3 is 3.00 bits per heavy atom. The molecule has 0 unspecified atom stereocenters. The van der Waals surface area contributed by atoms with Crippen LogP contribution < -0.4 is 10.6 Å². The Hall–Kier alpha value is -1.51. The molecule has 0 radical (unpaired) electrons. The van der Waals surface area contributed by atoms with E-state index >= 15 is 0 Å². The van der Waals surface area contributed by atoms with Crippen molar-refractivity contribution in [1.82, 2.24) is 0 Å².